The number of nitrogen functional groups attached to an aromatic ring is 1. The van der Waals surface area contributed by atoms with E-state index in [0.717, 1.165) is 5.52 Å². The summed E-state index contributed by atoms with van der Waals surface area (Å²) in [5, 5.41) is 12.2. The molecule has 7 heteroatoms. The van der Waals surface area contributed by atoms with Gasteiger partial charge in [-0.25, -0.2) is 4.98 Å². The lowest BCUT2D eigenvalue weighted by Gasteiger charge is -2.16. The molecule has 0 aliphatic rings. The second kappa shape index (κ2) is 6.55. The van der Waals surface area contributed by atoms with Gasteiger partial charge in [-0.3, -0.25) is 4.79 Å². The number of methoxy groups -OCH3 is 1. The van der Waals surface area contributed by atoms with E-state index >= 15 is 0 Å². The molecular formula is C14H20N4O3. The smallest absolute Gasteiger partial charge is 0.242 e. The Balaban J connectivity index is 2.33. The van der Waals surface area contributed by atoms with Crippen molar-refractivity contribution in [3.8, 4) is 0 Å². The highest BCUT2D eigenvalue weighted by atomic mass is 16.5. The summed E-state index contributed by atoms with van der Waals surface area (Å²) in [7, 11) is 1.58. The van der Waals surface area contributed by atoms with Crippen LogP contribution in [0.3, 0.4) is 0 Å². The van der Waals surface area contributed by atoms with Crippen LogP contribution in [0.15, 0.2) is 18.2 Å². The summed E-state index contributed by atoms with van der Waals surface area (Å²) in [6.45, 7) is 2.41. The molecule has 0 fully saturated rings. The molecule has 1 aromatic heterocycles. The summed E-state index contributed by atoms with van der Waals surface area (Å²) in [5.74, 6) is 0.280. The van der Waals surface area contributed by atoms with Crippen LogP contribution in [0.4, 0.5) is 5.69 Å². The Morgan fingerprint density at radius 3 is 3.00 bits per heavy atom. The minimum absolute atomic E-state index is 0.155. The fourth-order valence-corrected chi connectivity index (χ4v) is 2.25. The lowest BCUT2D eigenvalue weighted by molar-refractivity contribution is -0.124. The number of aliphatic hydroxyl groups is 1. The minimum Gasteiger partial charge on any atom is -0.399 e. The molecule has 0 saturated carbocycles. The van der Waals surface area contributed by atoms with Crippen LogP contribution in [0.2, 0.25) is 0 Å². The Hall–Kier alpha value is -2.12. The summed E-state index contributed by atoms with van der Waals surface area (Å²) in [6, 6.07) is 4.78. The molecule has 0 aliphatic carbocycles. The van der Waals surface area contributed by atoms with Crippen LogP contribution in [0.5, 0.6) is 0 Å². The van der Waals surface area contributed by atoms with Crippen LogP contribution in [0.1, 0.15) is 18.8 Å². The highest BCUT2D eigenvalue weighted by molar-refractivity contribution is 5.85. The van der Waals surface area contributed by atoms with Gasteiger partial charge in [0.05, 0.1) is 17.6 Å². The number of ether oxygens (including phenoxy) is 1. The van der Waals surface area contributed by atoms with Gasteiger partial charge >= 0.3 is 0 Å². The maximum absolute atomic E-state index is 12.2. The van der Waals surface area contributed by atoms with E-state index in [9.17, 15) is 9.90 Å². The highest BCUT2D eigenvalue weighted by Gasteiger charge is 2.20. The summed E-state index contributed by atoms with van der Waals surface area (Å²) < 4.78 is 6.62. The molecule has 7 nitrogen and oxygen atoms in total. The second-order valence-electron chi connectivity index (χ2n) is 4.76. The van der Waals surface area contributed by atoms with Crippen LogP contribution < -0.4 is 11.1 Å². The fraction of sp³-hybridized carbons (Fsp3) is 0.429. The Morgan fingerprint density at radius 1 is 1.57 bits per heavy atom. The van der Waals surface area contributed by atoms with Crippen LogP contribution >= 0.6 is 0 Å². The van der Waals surface area contributed by atoms with E-state index < -0.39 is 6.04 Å². The number of aromatic nitrogens is 2. The molecule has 114 valence electrons. The molecule has 1 unspecified atom stereocenters. The number of hydrogen-bond donors (Lipinski definition) is 3. The third kappa shape index (κ3) is 3.14. The molecule has 21 heavy (non-hydrogen) atoms. The Morgan fingerprint density at radius 2 is 2.33 bits per heavy atom. The quantitative estimate of drug-likeness (QED) is 0.529. The number of carbonyl (C=O) groups is 1. The van der Waals surface area contributed by atoms with E-state index in [-0.39, 0.29) is 12.5 Å². The maximum Gasteiger partial charge on any atom is 0.242 e. The van der Waals surface area contributed by atoms with Crippen LogP contribution in [-0.2, 0) is 16.1 Å². The number of rotatable bonds is 6. The van der Waals surface area contributed by atoms with E-state index in [2.05, 4.69) is 10.3 Å². The van der Waals surface area contributed by atoms with Gasteiger partial charge < -0.3 is 25.5 Å². The standard InChI is InChI=1S/C14H20N4O3/c1-9(14(20)16-5-6-21-2)18-12-4-3-10(15)7-11(12)17-13(18)8-19/h3-4,7,9,19H,5-6,8,15H2,1-2H3,(H,16,20). The number of benzene rings is 1. The van der Waals surface area contributed by atoms with Crippen molar-refractivity contribution in [1.82, 2.24) is 14.9 Å². The third-order valence-corrected chi connectivity index (χ3v) is 3.30. The fourth-order valence-electron chi connectivity index (χ4n) is 2.25. The molecule has 1 atom stereocenters. The average molecular weight is 292 g/mol. The third-order valence-electron chi connectivity index (χ3n) is 3.30. The van der Waals surface area contributed by atoms with Gasteiger partial charge in [-0.2, -0.15) is 0 Å². The van der Waals surface area contributed by atoms with Crippen molar-refractivity contribution < 1.29 is 14.6 Å². The number of carbonyl (C=O) groups excluding carboxylic acids is 1. The largest absolute Gasteiger partial charge is 0.399 e. The first-order valence-electron chi connectivity index (χ1n) is 6.72. The molecule has 4 N–H and O–H groups in total. The van der Waals surface area contributed by atoms with E-state index in [1.807, 2.05) is 0 Å². The van der Waals surface area contributed by atoms with Crippen molar-refractivity contribution in [3.63, 3.8) is 0 Å². The maximum atomic E-state index is 12.2. The number of nitrogens with two attached hydrogens (primary N) is 1. The van der Waals surface area contributed by atoms with Gasteiger partial charge in [-0.15, -0.1) is 0 Å². The van der Waals surface area contributed by atoms with Gasteiger partial charge in [-0.1, -0.05) is 0 Å². The van der Waals surface area contributed by atoms with E-state index in [1.165, 1.54) is 0 Å². The zero-order chi connectivity index (χ0) is 15.4. The van der Waals surface area contributed by atoms with Crippen molar-refractivity contribution >= 4 is 22.6 Å². The summed E-state index contributed by atoms with van der Waals surface area (Å²) in [6.07, 6.45) is 0. The zero-order valence-corrected chi connectivity index (χ0v) is 12.2. The molecule has 0 aliphatic heterocycles. The number of nitrogens with one attached hydrogen (secondary N) is 1. The number of anilines is 1. The SMILES string of the molecule is COCCNC(=O)C(C)n1c(CO)nc2cc(N)ccc21. The summed E-state index contributed by atoms with van der Waals surface area (Å²) in [5.41, 5.74) is 7.76. The molecule has 0 bridgehead atoms. The van der Waals surface area contributed by atoms with Gasteiger partial charge in [-0.05, 0) is 25.1 Å². The highest BCUT2D eigenvalue weighted by Crippen LogP contribution is 2.23. The van der Waals surface area contributed by atoms with Gasteiger partial charge in [0.2, 0.25) is 5.91 Å². The van der Waals surface area contributed by atoms with Gasteiger partial charge in [0.15, 0.2) is 0 Å². The van der Waals surface area contributed by atoms with Gasteiger partial charge in [0.25, 0.3) is 0 Å². The number of amides is 1. The molecular weight excluding hydrogens is 272 g/mol. The summed E-state index contributed by atoms with van der Waals surface area (Å²) in [4.78, 5) is 16.5. The number of fused-ring (bicyclic) bond motifs is 1. The average Bonchev–Trinajstić information content (AvgIpc) is 2.83. The summed E-state index contributed by atoms with van der Waals surface area (Å²) >= 11 is 0. The Bertz CT molecular complexity index is 638. The van der Waals surface area contributed by atoms with Crippen LogP contribution in [-0.4, -0.2) is 40.8 Å². The molecule has 0 radical (unpaired) electrons. The van der Waals surface area contributed by atoms with Gasteiger partial charge in [0, 0.05) is 19.3 Å². The normalized spacial score (nSPS) is 12.5. The monoisotopic (exact) mass is 292 g/mol. The Labute approximate surface area is 122 Å². The lowest BCUT2D eigenvalue weighted by Crippen LogP contribution is -2.33. The van der Waals surface area contributed by atoms with Crippen molar-refractivity contribution in [1.29, 1.82) is 0 Å². The minimum atomic E-state index is -0.488. The number of hydrogen-bond acceptors (Lipinski definition) is 5. The van der Waals surface area contributed by atoms with Crippen LogP contribution in [0.25, 0.3) is 11.0 Å². The van der Waals surface area contributed by atoms with E-state index in [0.29, 0.717) is 30.2 Å². The molecule has 2 aromatic rings. The molecule has 1 heterocycles. The molecule has 1 amide bonds. The topological polar surface area (TPSA) is 102 Å². The predicted octanol–water partition coefficient (Wildman–Crippen LogP) is 0.434. The molecule has 2 rings (SSSR count). The van der Waals surface area contributed by atoms with Crippen molar-refractivity contribution in [2.24, 2.45) is 0 Å². The Kier molecular flexibility index (Phi) is 4.77. The van der Waals surface area contributed by atoms with E-state index in [1.54, 1.807) is 36.8 Å². The first-order chi connectivity index (χ1) is 10.1. The lowest BCUT2D eigenvalue weighted by atomic mass is 10.2. The van der Waals surface area contributed by atoms with Crippen LogP contribution in [0, 0.1) is 0 Å². The molecule has 0 saturated heterocycles. The number of imidazole rings is 1. The second-order valence-corrected chi connectivity index (χ2v) is 4.76. The number of nitrogens with zero attached hydrogens (tertiary/aromatic N) is 2. The number of aliphatic hydroxyl groups excluding tert-OH is 1. The van der Waals surface area contributed by atoms with Crippen molar-refractivity contribution in [2.45, 2.75) is 19.6 Å². The first kappa shape index (κ1) is 15.3. The van der Waals surface area contributed by atoms with Crippen molar-refractivity contribution in [2.75, 3.05) is 26.0 Å². The zero-order valence-electron chi connectivity index (χ0n) is 12.2. The van der Waals surface area contributed by atoms with Gasteiger partial charge in [0.1, 0.15) is 18.5 Å². The molecule has 0 spiro atoms. The molecule has 1 aromatic carbocycles. The predicted molar refractivity (Wildman–Crippen MR) is 79.7 cm³/mol. The van der Waals surface area contributed by atoms with E-state index in [4.69, 9.17) is 10.5 Å². The first-order valence-corrected chi connectivity index (χ1v) is 6.72. The van der Waals surface area contributed by atoms with Crippen molar-refractivity contribution in [3.05, 3.63) is 24.0 Å².